The van der Waals surface area contributed by atoms with Crippen LogP contribution in [0.25, 0.3) is 10.8 Å². The molecule has 2 aliphatic rings. The summed E-state index contributed by atoms with van der Waals surface area (Å²) in [5.41, 5.74) is -1.73. The minimum Gasteiger partial charge on any atom is -0.268 e. The highest BCUT2D eigenvalue weighted by Gasteiger charge is 2.44. The summed E-state index contributed by atoms with van der Waals surface area (Å²) in [6.07, 6.45) is 0. The highest BCUT2D eigenvalue weighted by Crippen LogP contribution is 2.41. The molecule has 12 nitrogen and oxygen atoms in total. The molecular weight excluding hydrogens is 496 g/mol. The van der Waals surface area contributed by atoms with Crippen LogP contribution in [0.5, 0.6) is 0 Å². The minimum atomic E-state index is -0.883. The van der Waals surface area contributed by atoms with Crippen LogP contribution in [-0.4, -0.2) is 33.5 Å². The Hall–Kier alpha value is -5.78. The number of anilines is 2. The molecule has 0 unspecified atom stereocenters. The van der Waals surface area contributed by atoms with Crippen molar-refractivity contribution >= 4 is 57.2 Å². The van der Waals surface area contributed by atoms with Gasteiger partial charge in [-0.25, -0.2) is 9.80 Å². The van der Waals surface area contributed by atoms with Gasteiger partial charge in [-0.1, -0.05) is 36.4 Å². The topological polar surface area (TPSA) is 161 Å². The van der Waals surface area contributed by atoms with E-state index in [2.05, 4.69) is 0 Å². The molecule has 0 N–H and O–H groups in total. The summed E-state index contributed by atoms with van der Waals surface area (Å²) in [7, 11) is 0. The largest absolute Gasteiger partial charge is 0.283 e. The van der Waals surface area contributed by atoms with Gasteiger partial charge in [-0.2, -0.15) is 0 Å². The van der Waals surface area contributed by atoms with Crippen molar-refractivity contribution in [1.82, 2.24) is 0 Å². The Morgan fingerprint density at radius 1 is 0.500 bits per heavy atom. The maximum absolute atomic E-state index is 13.3. The van der Waals surface area contributed by atoms with Crippen LogP contribution in [0, 0.1) is 20.2 Å². The van der Waals surface area contributed by atoms with E-state index in [1.807, 2.05) is 0 Å². The first-order valence-corrected chi connectivity index (χ1v) is 11.1. The molecule has 0 radical (unpaired) electrons. The summed E-state index contributed by atoms with van der Waals surface area (Å²) in [6, 6.07) is 16.6. The molecule has 4 aromatic rings. The zero-order chi connectivity index (χ0) is 26.9. The van der Waals surface area contributed by atoms with E-state index in [1.54, 1.807) is 12.1 Å². The lowest BCUT2D eigenvalue weighted by molar-refractivity contribution is -0.385. The quantitative estimate of drug-likeness (QED) is 0.224. The van der Waals surface area contributed by atoms with Gasteiger partial charge >= 0.3 is 0 Å². The second kappa shape index (κ2) is 7.86. The molecule has 4 aromatic carbocycles. The fourth-order valence-electron chi connectivity index (χ4n) is 4.94. The zero-order valence-electron chi connectivity index (χ0n) is 19.0. The van der Waals surface area contributed by atoms with Crippen molar-refractivity contribution in [2.45, 2.75) is 0 Å². The number of benzene rings is 4. The van der Waals surface area contributed by atoms with Crippen LogP contribution in [0.15, 0.2) is 72.8 Å². The number of imide groups is 2. The van der Waals surface area contributed by atoms with Crippen molar-refractivity contribution in [3.63, 3.8) is 0 Å². The van der Waals surface area contributed by atoms with Gasteiger partial charge in [0.15, 0.2) is 0 Å². The number of fused-ring (bicyclic) bond motifs is 3. The number of carbonyl (C=O) groups excluding carboxylic acids is 4. The number of nitro groups is 2. The third-order valence-electron chi connectivity index (χ3n) is 6.54. The molecule has 0 aliphatic carbocycles. The predicted octanol–water partition coefficient (Wildman–Crippen LogP) is 4.26. The normalized spacial score (nSPS) is 14.3. The van der Waals surface area contributed by atoms with Gasteiger partial charge in [-0.05, 0) is 24.3 Å². The third-order valence-corrected chi connectivity index (χ3v) is 6.54. The molecule has 2 aliphatic heterocycles. The summed E-state index contributed by atoms with van der Waals surface area (Å²) >= 11 is 0. The van der Waals surface area contributed by atoms with Crippen molar-refractivity contribution in [3.8, 4) is 0 Å². The maximum atomic E-state index is 13.3. The molecule has 0 atom stereocenters. The fourth-order valence-corrected chi connectivity index (χ4v) is 4.94. The molecule has 184 valence electrons. The molecule has 0 saturated carbocycles. The lowest BCUT2D eigenvalue weighted by atomic mass is 10.0. The van der Waals surface area contributed by atoms with Crippen molar-refractivity contribution < 1.29 is 29.0 Å². The van der Waals surface area contributed by atoms with Crippen molar-refractivity contribution in [2.24, 2.45) is 0 Å². The SMILES string of the molecule is O=C1c2cccc([N+](=O)[O-])c2C(=O)N1c1cccc2c(N3C(=O)c4cccc([N+](=O)[O-])c4C3=O)cccc12. The third kappa shape index (κ3) is 2.91. The second-order valence-corrected chi connectivity index (χ2v) is 8.45. The number of hydrogen-bond donors (Lipinski definition) is 0. The molecule has 2 heterocycles. The zero-order valence-corrected chi connectivity index (χ0v) is 19.0. The van der Waals surface area contributed by atoms with Gasteiger partial charge in [-0.3, -0.25) is 39.4 Å². The molecular formula is C26H12N4O8. The maximum Gasteiger partial charge on any atom is 0.283 e. The van der Waals surface area contributed by atoms with Gasteiger partial charge in [0, 0.05) is 22.9 Å². The molecule has 0 bridgehead atoms. The Morgan fingerprint density at radius 2 is 0.868 bits per heavy atom. The van der Waals surface area contributed by atoms with Gasteiger partial charge in [0.05, 0.1) is 32.3 Å². The van der Waals surface area contributed by atoms with E-state index < -0.39 is 44.9 Å². The smallest absolute Gasteiger partial charge is 0.268 e. The first-order chi connectivity index (χ1) is 18.2. The Bertz CT molecular complexity index is 1700. The van der Waals surface area contributed by atoms with Crippen LogP contribution in [-0.2, 0) is 0 Å². The van der Waals surface area contributed by atoms with Gasteiger partial charge in [0.2, 0.25) is 0 Å². The van der Waals surface area contributed by atoms with Gasteiger partial charge < -0.3 is 0 Å². The van der Waals surface area contributed by atoms with E-state index in [1.165, 1.54) is 48.5 Å². The monoisotopic (exact) mass is 508 g/mol. The lowest BCUT2D eigenvalue weighted by Gasteiger charge is -2.20. The predicted molar refractivity (Wildman–Crippen MR) is 132 cm³/mol. The molecule has 0 saturated heterocycles. The van der Waals surface area contributed by atoms with E-state index in [0.717, 1.165) is 21.9 Å². The molecule has 38 heavy (non-hydrogen) atoms. The van der Waals surface area contributed by atoms with Gasteiger partial charge in [-0.15, -0.1) is 0 Å². The van der Waals surface area contributed by atoms with Gasteiger partial charge in [0.1, 0.15) is 11.1 Å². The first kappa shape index (κ1) is 22.7. The molecule has 0 spiro atoms. The lowest BCUT2D eigenvalue weighted by Crippen LogP contribution is -2.31. The Labute approximate surface area is 211 Å². The first-order valence-electron chi connectivity index (χ1n) is 11.1. The average molecular weight is 508 g/mol. The minimum absolute atomic E-state index is 0.0902. The standard InChI is InChI=1S/C26H12N4O8/c31-23-15-7-3-11-19(29(35)36)21(15)25(33)27(23)17-9-1-5-13-14(17)6-2-10-18(13)28-24(32)16-8-4-12-20(30(37)38)22(16)26(28)34/h1-12H. The van der Waals surface area contributed by atoms with Crippen LogP contribution >= 0.6 is 0 Å². The summed E-state index contributed by atoms with van der Waals surface area (Å²) < 4.78 is 0. The average Bonchev–Trinajstić information content (AvgIpc) is 3.32. The summed E-state index contributed by atoms with van der Waals surface area (Å²) in [5.74, 6) is -3.29. The molecule has 4 amide bonds. The highest BCUT2D eigenvalue weighted by atomic mass is 16.6. The van der Waals surface area contributed by atoms with Crippen LogP contribution in [0.2, 0.25) is 0 Å². The van der Waals surface area contributed by atoms with E-state index in [9.17, 15) is 39.4 Å². The molecule has 12 heteroatoms. The highest BCUT2D eigenvalue weighted by molar-refractivity contribution is 6.39. The van der Waals surface area contributed by atoms with Crippen LogP contribution in [0.4, 0.5) is 22.7 Å². The number of carbonyl (C=O) groups is 4. The molecule has 0 aromatic heterocycles. The van der Waals surface area contributed by atoms with Crippen LogP contribution < -0.4 is 9.80 Å². The van der Waals surface area contributed by atoms with E-state index in [0.29, 0.717) is 10.8 Å². The van der Waals surface area contributed by atoms with Crippen molar-refractivity contribution in [3.05, 3.63) is 115 Å². The number of rotatable bonds is 4. The fraction of sp³-hybridized carbons (Fsp3) is 0. The number of amides is 4. The van der Waals surface area contributed by atoms with E-state index >= 15 is 0 Å². The van der Waals surface area contributed by atoms with Crippen molar-refractivity contribution in [1.29, 1.82) is 0 Å². The van der Waals surface area contributed by atoms with Crippen molar-refractivity contribution in [2.75, 3.05) is 9.80 Å². The van der Waals surface area contributed by atoms with Gasteiger partial charge in [0.25, 0.3) is 35.0 Å². The second-order valence-electron chi connectivity index (χ2n) is 8.45. The summed E-state index contributed by atoms with van der Waals surface area (Å²) in [4.78, 5) is 76.2. The molecule has 0 fully saturated rings. The number of hydrogen-bond acceptors (Lipinski definition) is 8. The Balaban J connectivity index is 1.51. The Morgan fingerprint density at radius 3 is 1.24 bits per heavy atom. The Kier molecular flexibility index (Phi) is 4.69. The summed E-state index contributed by atoms with van der Waals surface area (Å²) in [6.45, 7) is 0. The number of nitrogens with zero attached hydrogens (tertiary/aromatic N) is 4. The van der Waals surface area contributed by atoms with Crippen LogP contribution in [0.3, 0.4) is 0 Å². The van der Waals surface area contributed by atoms with E-state index in [4.69, 9.17) is 0 Å². The number of nitro benzene ring substituents is 2. The molecule has 6 rings (SSSR count). The summed E-state index contributed by atoms with van der Waals surface area (Å²) in [5, 5.41) is 23.6. The van der Waals surface area contributed by atoms with E-state index in [-0.39, 0.29) is 33.6 Å². The van der Waals surface area contributed by atoms with Crippen LogP contribution in [0.1, 0.15) is 41.4 Å².